The maximum absolute atomic E-state index is 12.1. The van der Waals surface area contributed by atoms with Gasteiger partial charge in [-0.2, -0.15) is 0 Å². The molecule has 2 rings (SSSR count). The number of pyridine rings is 1. The average molecular weight is 276 g/mol. The number of carbonyl (C=O) groups is 2. The Morgan fingerprint density at radius 2 is 2.05 bits per heavy atom. The number of nitrogens with one attached hydrogen (secondary N) is 1. The zero-order valence-corrected chi connectivity index (χ0v) is 11.6. The van der Waals surface area contributed by atoms with Gasteiger partial charge in [-0.3, -0.25) is 4.79 Å². The minimum atomic E-state index is -1.12. The van der Waals surface area contributed by atoms with Crippen molar-refractivity contribution >= 4 is 11.9 Å². The van der Waals surface area contributed by atoms with Crippen LogP contribution in [0.5, 0.6) is 0 Å². The number of rotatable bonds is 4. The number of carboxylic acid groups (broad SMARTS) is 1. The number of aromatic nitrogens is 1. The van der Waals surface area contributed by atoms with E-state index in [9.17, 15) is 9.59 Å². The average Bonchev–Trinajstić information content (AvgIpc) is 2.48. The van der Waals surface area contributed by atoms with Crippen LogP contribution in [0.15, 0.2) is 18.3 Å². The Labute approximate surface area is 118 Å². The van der Waals surface area contributed by atoms with Gasteiger partial charge in [0.05, 0.1) is 0 Å². The van der Waals surface area contributed by atoms with Crippen LogP contribution in [0, 0.1) is 5.92 Å². The normalized spacial score (nSPS) is 22.2. The van der Waals surface area contributed by atoms with Gasteiger partial charge in [-0.25, -0.2) is 9.78 Å². The summed E-state index contributed by atoms with van der Waals surface area (Å²) < 4.78 is 0. The fourth-order valence-electron chi connectivity index (χ4n) is 2.67. The van der Waals surface area contributed by atoms with Gasteiger partial charge >= 0.3 is 5.97 Å². The third-order valence-corrected chi connectivity index (χ3v) is 4.00. The molecular weight excluding hydrogens is 256 g/mol. The first-order valence-electron chi connectivity index (χ1n) is 7.10. The van der Waals surface area contributed by atoms with Crippen molar-refractivity contribution in [3.05, 3.63) is 29.6 Å². The zero-order valence-electron chi connectivity index (χ0n) is 11.6. The Hall–Kier alpha value is -1.91. The highest BCUT2D eigenvalue weighted by Crippen LogP contribution is 2.26. The van der Waals surface area contributed by atoms with E-state index in [0.29, 0.717) is 5.56 Å². The largest absolute Gasteiger partial charge is 0.477 e. The van der Waals surface area contributed by atoms with Crippen molar-refractivity contribution in [2.45, 2.75) is 45.1 Å². The summed E-state index contributed by atoms with van der Waals surface area (Å²) in [5.74, 6) is -0.555. The molecule has 0 spiro atoms. The van der Waals surface area contributed by atoms with E-state index in [-0.39, 0.29) is 17.6 Å². The molecule has 0 radical (unpaired) electrons. The highest BCUT2D eigenvalue weighted by atomic mass is 16.4. The first-order valence-corrected chi connectivity index (χ1v) is 7.10. The Kier molecular flexibility index (Phi) is 4.71. The zero-order chi connectivity index (χ0) is 14.5. The molecule has 20 heavy (non-hydrogen) atoms. The second-order valence-corrected chi connectivity index (χ2v) is 5.33. The van der Waals surface area contributed by atoms with Crippen LogP contribution in [0.25, 0.3) is 0 Å². The van der Waals surface area contributed by atoms with Gasteiger partial charge in [0.1, 0.15) is 5.69 Å². The van der Waals surface area contributed by atoms with E-state index >= 15 is 0 Å². The third-order valence-electron chi connectivity index (χ3n) is 4.00. The summed E-state index contributed by atoms with van der Waals surface area (Å²) >= 11 is 0. The van der Waals surface area contributed by atoms with Crippen LogP contribution >= 0.6 is 0 Å². The quantitative estimate of drug-likeness (QED) is 0.885. The van der Waals surface area contributed by atoms with Crippen molar-refractivity contribution < 1.29 is 14.7 Å². The summed E-state index contributed by atoms with van der Waals surface area (Å²) in [6.45, 7) is 2.20. The summed E-state index contributed by atoms with van der Waals surface area (Å²) in [7, 11) is 0. The lowest BCUT2D eigenvalue weighted by Gasteiger charge is -2.28. The molecule has 1 aromatic heterocycles. The van der Waals surface area contributed by atoms with E-state index in [1.807, 2.05) is 0 Å². The molecule has 1 aliphatic carbocycles. The second kappa shape index (κ2) is 6.50. The highest BCUT2D eigenvalue weighted by Gasteiger charge is 2.22. The molecule has 0 aromatic carbocycles. The van der Waals surface area contributed by atoms with E-state index in [0.717, 1.165) is 31.6 Å². The Balaban J connectivity index is 1.95. The molecule has 2 N–H and O–H groups in total. The van der Waals surface area contributed by atoms with Crippen molar-refractivity contribution in [3.8, 4) is 0 Å². The van der Waals surface area contributed by atoms with Crippen LogP contribution in [0.1, 0.15) is 59.9 Å². The summed E-state index contributed by atoms with van der Waals surface area (Å²) in [5.41, 5.74) is 0.252. The fourth-order valence-corrected chi connectivity index (χ4v) is 2.67. The van der Waals surface area contributed by atoms with E-state index < -0.39 is 5.97 Å². The van der Waals surface area contributed by atoms with Gasteiger partial charge in [-0.1, -0.05) is 13.3 Å². The van der Waals surface area contributed by atoms with Gasteiger partial charge in [-0.15, -0.1) is 0 Å². The molecular formula is C15H20N2O3. The van der Waals surface area contributed by atoms with E-state index in [2.05, 4.69) is 17.2 Å². The van der Waals surface area contributed by atoms with Gasteiger partial charge in [-0.05, 0) is 43.7 Å². The monoisotopic (exact) mass is 276 g/mol. The van der Waals surface area contributed by atoms with Crippen LogP contribution in [0.3, 0.4) is 0 Å². The van der Waals surface area contributed by atoms with Gasteiger partial charge in [0.15, 0.2) is 0 Å². The summed E-state index contributed by atoms with van der Waals surface area (Å²) in [5, 5.41) is 11.9. The minimum absolute atomic E-state index is 0.104. The Morgan fingerprint density at radius 3 is 2.65 bits per heavy atom. The number of nitrogens with zero attached hydrogens (tertiary/aromatic N) is 1. The van der Waals surface area contributed by atoms with Crippen LogP contribution in [0.2, 0.25) is 0 Å². The lowest BCUT2D eigenvalue weighted by molar-refractivity contribution is 0.0690. The summed E-state index contributed by atoms with van der Waals surface area (Å²) in [4.78, 5) is 26.7. The standard InChI is InChI=1S/C15H20N2O3/c1-2-10-3-5-12(6-4-10)17-14(18)11-7-8-16-13(9-11)15(19)20/h7-10,12H,2-6H2,1H3,(H,17,18)(H,19,20). The van der Waals surface area contributed by atoms with Crippen LogP contribution in [-0.4, -0.2) is 28.0 Å². The first-order chi connectivity index (χ1) is 9.60. The molecule has 1 aliphatic rings. The number of carboxylic acids is 1. The lowest BCUT2D eigenvalue weighted by atomic mass is 9.84. The molecule has 0 bridgehead atoms. The van der Waals surface area contributed by atoms with Gasteiger partial charge in [0.25, 0.3) is 5.91 Å². The van der Waals surface area contributed by atoms with E-state index in [1.165, 1.54) is 18.7 Å². The minimum Gasteiger partial charge on any atom is -0.477 e. The highest BCUT2D eigenvalue weighted by molar-refractivity contribution is 5.96. The molecule has 0 saturated heterocycles. The maximum Gasteiger partial charge on any atom is 0.354 e. The predicted octanol–water partition coefficient (Wildman–Crippen LogP) is 2.48. The number of carbonyl (C=O) groups excluding carboxylic acids is 1. The van der Waals surface area contributed by atoms with Crippen molar-refractivity contribution in [3.63, 3.8) is 0 Å². The Bertz CT molecular complexity index is 494. The van der Waals surface area contributed by atoms with Crippen molar-refractivity contribution in [1.29, 1.82) is 0 Å². The van der Waals surface area contributed by atoms with Crippen molar-refractivity contribution in [2.24, 2.45) is 5.92 Å². The van der Waals surface area contributed by atoms with E-state index in [1.54, 1.807) is 6.07 Å². The van der Waals surface area contributed by atoms with Crippen LogP contribution in [0.4, 0.5) is 0 Å². The number of hydrogen-bond donors (Lipinski definition) is 2. The molecule has 5 heteroatoms. The molecule has 0 unspecified atom stereocenters. The number of aromatic carboxylic acids is 1. The lowest BCUT2D eigenvalue weighted by Crippen LogP contribution is -2.37. The van der Waals surface area contributed by atoms with Gasteiger partial charge < -0.3 is 10.4 Å². The van der Waals surface area contributed by atoms with Crippen molar-refractivity contribution in [1.82, 2.24) is 10.3 Å². The third kappa shape index (κ3) is 3.56. The van der Waals surface area contributed by atoms with Gasteiger partial charge in [0.2, 0.25) is 0 Å². The summed E-state index contributed by atoms with van der Waals surface area (Å²) in [6.07, 6.45) is 6.86. The van der Waals surface area contributed by atoms with E-state index in [4.69, 9.17) is 5.11 Å². The Morgan fingerprint density at radius 1 is 1.35 bits per heavy atom. The van der Waals surface area contributed by atoms with Crippen LogP contribution in [-0.2, 0) is 0 Å². The first kappa shape index (κ1) is 14.5. The molecule has 1 heterocycles. The molecule has 1 amide bonds. The molecule has 1 aromatic rings. The predicted molar refractivity (Wildman–Crippen MR) is 74.7 cm³/mol. The maximum atomic E-state index is 12.1. The molecule has 0 aliphatic heterocycles. The van der Waals surface area contributed by atoms with Crippen molar-refractivity contribution in [2.75, 3.05) is 0 Å². The molecule has 1 fully saturated rings. The fraction of sp³-hybridized carbons (Fsp3) is 0.533. The smallest absolute Gasteiger partial charge is 0.354 e. The second-order valence-electron chi connectivity index (χ2n) is 5.33. The topological polar surface area (TPSA) is 79.3 Å². The molecule has 0 atom stereocenters. The molecule has 1 saturated carbocycles. The SMILES string of the molecule is CCC1CCC(NC(=O)c2ccnc(C(=O)O)c2)CC1. The number of amides is 1. The summed E-state index contributed by atoms with van der Waals surface area (Å²) in [6, 6.07) is 3.06. The number of hydrogen-bond acceptors (Lipinski definition) is 3. The molecule has 5 nitrogen and oxygen atoms in total. The van der Waals surface area contributed by atoms with Gasteiger partial charge in [0, 0.05) is 17.8 Å². The molecule has 108 valence electrons. The van der Waals surface area contributed by atoms with Crippen LogP contribution < -0.4 is 5.32 Å².